The van der Waals surface area contributed by atoms with Gasteiger partial charge in [-0.15, -0.1) is 0 Å². The summed E-state index contributed by atoms with van der Waals surface area (Å²) in [6.45, 7) is 2.89. The van der Waals surface area contributed by atoms with Gasteiger partial charge in [0.15, 0.2) is 0 Å². The van der Waals surface area contributed by atoms with Crippen molar-refractivity contribution in [2.75, 3.05) is 13.7 Å². The second-order valence-electron chi connectivity index (χ2n) is 4.97. The SMILES string of the molecule is COc1ccc(C#N)c(OCC2CC=CCC2C)c1. The molecule has 2 atom stereocenters. The van der Waals surface area contributed by atoms with E-state index in [0.717, 1.165) is 12.8 Å². The number of allylic oxidation sites excluding steroid dienone is 2. The maximum absolute atomic E-state index is 9.09. The molecule has 19 heavy (non-hydrogen) atoms. The molecule has 0 amide bonds. The van der Waals surface area contributed by atoms with E-state index in [1.165, 1.54) is 0 Å². The van der Waals surface area contributed by atoms with E-state index in [-0.39, 0.29) is 0 Å². The van der Waals surface area contributed by atoms with E-state index in [9.17, 15) is 0 Å². The fourth-order valence-electron chi connectivity index (χ4n) is 2.28. The van der Waals surface area contributed by atoms with Crippen LogP contribution in [-0.4, -0.2) is 13.7 Å². The van der Waals surface area contributed by atoms with Gasteiger partial charge in [0.1, 0.15) is 17.6 Å². The summed E-state index contributed by atoms with van der Waals surface area (Å²) in [5, 5.41) is 9.09. The first kappa shape index (κ1) is 13.5. The molecule has 0 N–H and O–H groups in total. The molecule has 3 nitrogen and oxygen atoms in total. The molecule has 1 aromatic carbocycles. The number of ether oxygens (including phenoxy) is 2. The lowest BCUT2D eigenvalue weighted by molar-refractivity contribution is 0.197. The van der Waals surface area contributed by atoms with Crippen LogP contribution in [0.15, 0.2) is 30.4 Å². The van der Waals surface area contributed by atoms with Crippen molar-refractivity contribution in [3.05, 3.63) is 35.9 Å². The standard InChI is InChI=1S/C16H19NO2/c1-12-5-3-4-6-14(12)11-19-16-9-15(18-2)8-7-13(16)10-17/h3-4,7-9,12,14H,5-6,11H2,1-2H3. The van der Waals surface area contributed by atoms with Gasteiger partial charge in [-0.25, -0.2) is 0 Å². The van der Waals surface area contributed by atoms with Crippen molar-refractivity contribution in [3.63, 3.8) is 0 Å². The molecule has 0 fully saturated rings. The number of methoxy groups -OCH3 is 1. The smallest absolute Gasteiger partial charge is 0.140 e. The molecular formula is C16H19NO2. The molecule has 100 valence electrons. The average molecular weight is 257 g/mol. The van der Waals surface area contributed by atoms with E-state index in [2.05, 4.69) is 25.1 Å². The van der Waals surface area contributed by atoms with Gasteiger partial charge >= 0.3 is 0 Å². The molecule has 0 saturated heterocycles. The largest absolute Gasteiger partial charge is 0.497 e. The summed E-state index contributed by atoms with van der Waals surface area (Å²) in [5.74, 6) is 2.47. The summed E-state index contributed by atoms with van der Waals surface area (Å²) in [6, 6.07) is 7.44. The number of nitrogens with zero attached hydrogens (tertiary/aromatic N) is 1. The summed E-state index contributed by atoms with van der Waals surface area (Å²) >= 11 is 0. The van der Waals surface area contributed by atoms with E-state index < -0.39 is 0 Å². The maximum atomic E-state index is 9.09. The average Bonchev–Trinajstić information content (AvgIpc) is 2.46. The van der Waals surface area contributed by atoms with Crippen LogP contribution in [0.5, 0.6) is 11.5 Å². The first-order valence-electron chi connectivity index (χ1n) is 6.60. The van der Waals surface area contributed by atoms with Crippen molar-refractivity contribution < 1.29 is 9.47 Å². The van der Waals surface area contributed by atoms with E-state index in [1.807, 2.05) is 0 Å². The van der Waals surface area contributed by atoms with Crippen molar-refractivity contribution >= 4 is 0 Å². The molecule has 0 aromatic heterocycles. The molecule has 0 bridgehead atoms. The molecule has 0 aliphatic heterocycles. The van der Waals surface area contributed by atoms with Gasteiger partial charge in [0.05, 0.1) is 19.3 Å². The second-order valence-corrected chi connectivity index (χ2v) is 4.97. The Balaban J connectivity index is 2.06. The van der Waals surface area contributed by atoms with Crippen LogP contribution in [0.3, 0.4) is 0 Å². The zero-order valence-electron chi connectivity index (χ0n) is 11.4. The Hall–Kier alpha value is -1.95. The highest BCUT2D eigenvalue weighted by molar-refractivity contribution is 5.47. The monoisotopic (exact) mass is 257 g/mol. The Morgan fingerprint density at radius 1 is 1.32 bits per heavy atom. The van der Waals surface area contributed by atoms with Crippen molar-refractivity contribution in [3.8, 4) is 17.6 Å². The summed E-state index contributed by atoms with van der Waals surface area (Å²) in [5.41, 5.74) is 0.555. The molecule has 1 aliphatic rings. The van der Waals surface area contributed by atoms with Crippen LogP contribution in [0.2, 0.25) is 0 Å². The summed E-state index contributed by atoms with van der Waals surface area (Å²) in [6.07, 6.45) is 6.60. The molecule has 0 spiro atoms. The predicted octanol–water partition coefficient (Wildman–Crippen LogP) is 3.55. The van der Waals surface area contributed by atoms with Gasteiger partial charge in [-0.1, -0.05) is 19.1 Å². The van der Waals surface area contributed by atoms with Crippen molar-refractivity contribution in [1.82, 2.24) is 0 Å². The van der Waals surface area contributed by atoms with Crippen LogP contribution >= 0.6 is 0 Å². The molecule has 0 heterocycles. The van der Waals surface area contributed by atoms with Gasteiger partial charge in [0.25, 0.3) is 0 Å². The minimum Gasteiger partial charge on any atom is -0.497 e. The van der Waals surface area contributed by atoms with Crippen molar-refractivity contribution in [1.29, 1.82) is 5.26 Å². The van der Waals surface area contributed by atoms with Crippen LogP contribution in [0, 0.1) is 23.2 Å². The molecule has 0 saturated carbocycles. The zero-order valence-corrected chi connectivity index (χ0v) is 11.4. The highest BCUT2D eigenvalue weighted by Crippen LogP contribution is 2.28. The lowest BCUT2D eigenvalue weighted by atomic mass is 9.85. The summed E-state index contributed by atoms with van der Waals surface area (Å²) in [7, 11) is 1.61. The first-order chi connectivity index (χ1) is 9.24. The fraction of sp³-hybridized carbons (Fsp3) is 0.438. The van der Waals surface area contributed by atoms with Crippen molar-refractivity contribution in [2.24, 2.45) is 11.8 Å². The number of rotatable bonds is 4. The highest BCUT2D eigenvalue weighted by atomic mass is 16.5. The van der Waals surface area contributed by atoms with Crippen LogP contribution in [-0.2, 0) is 0 Å². The Bertz CT molecular complexity index is 502. The number of benzene rings is 1. The fourth-order valence-corrected chi connectivity index (χ4v) is 2.28. The van der Waals surface area contributed by atoms with Crippen LogP contribution < -0.4 is 9.47 Å². The Kier molecular flexibility index (Phi) is 4.46. The zero-order chi connectivity index (χ0) is 13.7. The van der Waals surface area contributed by atoms with Crippen molar-refractivity contribution in [2.45, 2.75) is 19.8 Å². The van der Waals surface area contributed by atoms with Gasteiger partial charge in [0, 0.05) is 6.07 Å². The molecule has 1 aliphatic carbocycles. The van der Waals surface area contributed by atoms with E-state index in [0.29, 0.717) is 35.5 Å². The predicted molar refractivity (Wildman–Crippen MR) is 74.2 cm³/mol. The first-order valence-corrected chi connectivity index (χ1v) is 6.60. The minimum absolute atomic E-state index is 0.516. The number of hydrogen-bond donors (Lipinski definition) is 0. The van der Waals surface area contributed by atoms with E-state index in [4.69, 9.17) is 14.7 Å². The third-order valence-corrected chi connectivity index (χ3v) is 3.68. The number of nitriles is 1. The summed E-state index contributed by atoms with van der Waals surface area (Å²) < 4.78 is 11.0. The Morgan fingerprint density at radius 2 is 2.11 bits per heavy atom. The lowest BCUT2D eigenvalue weighted by Crippen LogP contribution is -2.21. The van der Waals surface area contributed by atoms with Gasteiger partial charge in [-0.05, 0) is 36.8 Å². The van der Waals surface area contributed by atoms with Gasteiger partial charge in [-0.3, -0.25) is 0 Å². The normalized spacial score (nSPS) is 21.7. The quantitative estimate of drug-likeness (QED) is 0.775. The molecule has 2 unspecified atom stereocenters. The third-order valence-electron chi connectivity index (χ3n) is 3.68. The molecule has 0 radical (unpaired) electrons. The minimum atomic E-state index is 0.516. The molecular weight excluding hydrogens is 238 g/mol. The maximum Gasteiger partial charge on any atom is 0.140 e. The highest BCUT2D eigenvalue weighted by Gasteiger charge is 2.19. The van der Waals surface area contributed by atoms with Crippen LogP contribution in [0.1, 0.15) is 25.3 Å². The van der Waals surface area contributed by atoms with Gasteiger partial charge < -0.3 is 9.47 Å². The van der Waals surface area contributed by atoms with Gasteiger partial charge in [-0.2, -0.15) is 5.26 Å². The summed E-state index contributed by atoms with van der Waals surface area (Å²) in [4.78, 5) is 0. The molecule has 3 heteroatoms. The molecule has 2 rings (SSSR count). The van der Waals surface area contributed by atoms with Crippen LogP contribution in [0.25, 0.3) is 0 Å². The van der Waals surface area contributed by atoms with Crippen LogP contribution in [0.4, 0.5) is 0 Å². The second kappa shape index (κ2) is 6.29. The molecule has 1 aromatic rings. The lowest BCUT2D eigenvalue weighted by Gasteiger charge is -2.25. The third kappa shape index (κ3) is 3.29. The van der Waals surface area contributed by atoms with E-state index >= 15 is 0 Å². The Morgan fingerprint density at radius 3 is 2.79 bits per heavy atom. The Labute approximate surface area is 114 Å². The topological polar surface area (TPSA) is 42.2 Å². The van der Waals surface area contributed by atoms with Gasteiger partial charge in [0.2, 0.25) is 0 Å². The van der Waals surface area contributed by atoms with E-state index in [1.54, 1.807) is 25.3 Å². The number of hydrogen-bond acceptors (Lipinski definition) is 3.